The van der Waals surface area contributed by atoms with Gasteiger partial charge in [-0.1, -0.05) is 18.2 Å². The molecule has 0 radical (unpaired) electrons. The lowest BCUT2D eigenvalue weighted by Crippen LogP contribution is -1.93. The number of benzene rings is 1. The summed E-state index contributed by atoms with van der Waals surface area (Å²) in [6.45, 7) is 6.79. The Labute approximate surface area is 95.9 Å². The fourth-order valence-electron chi connectivity index (χ4n) is 1.92. The fourth-order valence-corrected chi connectivity index (χ4v) is 1.92. The number of hydrogen-bond acceptors (Lipinski definition) is 2. The molecule has 0 fully saturated rings. The molecule has 0 aliphatic heterocycles. The van der Waals surface area contributed by atoms with Crippen LogP contribution >= 0.6 is 0 Å². The first kappa shape index (κ1) is 10.8. The van der Waals surface area contributed by atoms with Gasteiger partial charge in [-0.25, -0.2) is 0 Å². The van der Waals surface area contributed by atoms with Crippen molar-refractivity contribution in [1.82, 2.24) is 0 Å². The number of aryl methyl sites for hydroxylation is 2. The molecule has 2 aromatic rings. The van der Waals surface area contributed by atoms with Gasteiger partial charge in [-0.15, -0.1) is 0 Å². The molecule has 16 heavy (non-hydrogen) atoms. The van der Waals surface area contributed by atoms with E-state index in [0.717, 1.165) is 17.1 Å². The Kier molecular flexibility index (Phi) is 3.00. The minimum Gasteiger partial charge on any atom is -0.490 e. The summed E-state index contributed by atoms with van der Waals surface area (Å²) in [4.78, 5) is 0. The van der Waals surface area contributed by atoms with Crippen molar-refractivity contribution in [3.63, 3.8) is 0 Å². The third kappa shape index (κ3) is 1.83. The monoisotopic (exact) mass is 216 g/mol. The lowest BCUT2D eigenvalue weighted by Gasteiger charge is -2.09. The average molecular weight is 216 g/mol. The van der Waals surface area contributed by atoms with Crippen LogP contribution in [0.2, 0.25) is 0 Å². The first-order chi connectivity index (χ1) is 7.74. The molecule has 0 spiro atoms. The molecule has 0 bridgehead atoms. The molecule has 2 rings (SSSR count). The predicted octanol–water partition coefficient (Wildman–Crippen LogP) is 3.96. The van der Waals surface area contributed by atoms with E-state index in [1.165, 1.54) is 11.1 Å². The Morgan fingerprint density at radius 2 is 1.81 bits per heavy atom. The van der Waals surface area contributed by atoms with Gasteiger partial charge in [-0.2, -0.15) is 0 Å². The van der Waals surface area contributed by atoms with Gasteiger partial charge >= 0.3 is 0 Å². The van der Waals surface area contributed by atoms with Gasteiger partial charge in [0.2, 0.25) is 0 Å². The molecule has 0 saturated heterocycles. The highest BCUT2D eigenvalue weighted by molar-refractivity contribution is 5.71. The molecule has 1 heterocycles. The van der Waals surface area contributed by atoms with Gasteiger partial charge in [0.05, 0.1) is 12.9 Å². The van der Waals surface area contributed by atoms with Crippen LogP contribution in [0.25, 0.3) is 11.3 Å². The summed E-state index contributed by atoms with van der Waals surface area (Å²) in [6.07, 6.45) is 1.67. The molecule has 2 nitrogen and oxygen atoms in total. The quantitative estimate of drug-likeness (QED) is 0.774. The predicted molar refractivity (Wildman–Crippen MR) is 64.8 cm³/mol. The van der Waals surface area contributed by atoms with Crippen LogP contribution in [-0.4, -0.2) is 6.61 Å². The first-order valence-corrected chi connectivity index (χ1v) is 5.51. The first-order valence-electron chi connectivity index (χ1n) is 5.51. The summed E-state index contributed by atoms with van der Waals surface area (Å²) in [5, 5.41) is 0. The molecule has 2 heteroatoms. The fraction of sp³-hybridized carbons (Fsp3) is 0.286. The van der Waals surface area contributed by atoms with Gasteiger partial charge in [0, 0.05) is 11.6 Å². The van der Waals surface area contributed by atoms with E-state index in [4.69, 9.17) is 9.15 Å². The largest absolute Gasteiger partial charge is 0.490 e. The third-order valence-corrected chi connectivity index (χ3v) is 2.64. The molecule has 0 saturated carbocycles. The van der Waals surface area contributed by atoms with Crippen LogP contribution in [-0.2, 0) is 0 Å². The van der Waals surface area contributed by atoms with E-state index >= 15 is 0 Å². The van der Waals surface area contributed by atoms with E-state index < -0.39 is 0 Å². The van der Waals surface area contributed by atoms with Crippen LogP contribution in [0, 0.1) is 13.8 Å². The van der Waals surface area contributed by atoms with E-state index in [0.29, 0.717) is 6.61 Å². The smallest absolute Gasteiger partial charge is 0.176 e. The highest BCUT2D eigenvalue weighted by atomic mass is 16.5. The van der Waals surface area contributed by atoms with Gasteiger partial charge in [-0.3, -0.25) is 0 Å². The zero-order valence-electron chi connectivity index (χ0n) is 9.91. The number of rotatable bonds is 3. The highest BCUT2D eigenvalue weighted by Crippen LogP contribution is 2.35. The number of ether oxygens (including phenoxy) is 1. The molecule has 0 N–H and O–H groups in total. The molecule has 1 aromatic heterocycles. The van der Waals surface area contributed by atoms with E-state index in [2.05, 4.69) is 32.0 Å². The van der Waals surface area contributed by atoms with Crippen molar-refractivity contribution in [2.75, 3.05) is 6.61 Å². The van der Waals surface area contributed by atoms with Gasteiger partial charge in [0.1, 0.15) is 0 Å². The van der Waals surface area contributed by atoms with Gasteiger partial charge in [-0.05, 0) is 31.9 Å². The van der Waals surface area contributed by atoms with E-state index in [1.54, 1.807) is 6.26 Å². The van der Waals surface area contributed by atoms with E-state index in [-0.39, 0.29) is 0 Å². The Morgan fingerprint density at radius 3 is 2.44 bits per heavy atom. The Balaban J connectivity index is 2.54. The molecular weight excluding hydrogens is 200 g/mol. The normalized spacial score (nSPS) is 10.4. The topological polar surface area (TPSA) is 22.4 Å². The van der Waals surface area contributed by atoms with Gasteiger partial charge in [0.25, 0.3) is 0 Å². The van der Waals surface area contributed by atoms with Crippen LogP contribution in [0.3, 0.4) is 0 Å². The standard InChI is InChI=1S/C14H16O2/c1-4-15-12-8-9-16-14(12)13-10(2)6-5-7-11(13)3/h5-9H,4H2,1-3H3. The second-order valence-corrected chi connectivity index (χ2v) is 3.81. The highest BCUT2D eigenvalue weighted by Gasteiger charge is 2.14. The van der Waals surface area contributed by atoms with Crippen LogP contribution in [0.15, 0.2) is 34.9 Å². The van der Waals surface area contributed by atoms with Crippen molar-refractivity contribution < 1.29 is 9.15 Å². The summed E-state index contributed by atoms with van der Waals surface area (Å²) in [7, 11) is 0. The second-order valence-electron chi connectivity index (χ2n) is 3.81. The second kappa shape index (κ2) is 4.44. The SMILES string of the molecule is CCOc1ccoc1-c1c(C)cccc1C. The molecule has 1 aromatic carbocycles. The molecule has 0 amide bonds. The van der Waals surface area contributed by atoms with Crippen LogP contribution in [0.4, 0.5) is 0 Å². The molecule has 0 aliphatic rings. The summed E-state index contributed by atoms with van der Waals surface area (Å²) < 4.78 is 11.1. The molecule has 0 atom stereocenters. The van der Waals surface area contributed by atoms with Crippen molar-refractivity contribution in [2.45, 2.75) is 20.8 Å². The zero-order valence-corrected chi connectivity index (χ0v) is 9.91. The Hall–Kier alpha value is -1.70. The number of hydrogen-bond donors (Lipinski definition) is 0. The maximum Gasteiger partial charge on any atom is 0.176 e. The lowest BCUT2D eigenvalue weighted by atomic mass is 10.0. The van der Waals surface area contributed by atoms with E-state index in [1.807, 2.05) is 13.0 Å². The third-order valence-electron chi connectivity index (χ3n) is 2.64. The maximum absolute atomic E-state index is 5.55. The van der Waals surface area contributed by atoms with Crippen molar-refractivity contribution in [3.05, 3.63) is 41.7 Å². The summed E-state index contributed by atoms with van der Waals surface area (Å²) in [5.74, 6) is 1.65. The zero-order chi connectivity index (χ0) is 11.5. The summed E-state index contributed by atoms with van der Waals surface area (Å²) >= 11 is 0. The Bertz CT molecular complexity index is 463. The lowest BCUT2D eigenvalue weighted by molar-refractivity contribution is 0.338. The molecular formula is C14H16O2. The minimum atomic E-state index is 0.650. The Morgan fingerprint density at radius 1 is 1.12 bits per heavy atom. The molecule has 84 valence electrons. The molecule has 0 aliphatic carbocycles. The molecule has 0 unspecified atom stereocenters. The summed E-state index contributed by atoms with van der Waals surface area (Å²) in [5.41, 5.74) is 3.54. The van der Waals surface area contributed by atoms with Crippen molar-refractivity contribution in [2.24, 2.45) is 0 Å². The van der Waals surface area contributed by atoms with Crippen molar-refractivity contribution in [1.29, 1.82) is 0 Å². The number of furan rings is 1. The average Bonchev–Trinajstić information content (AvgIpc) is 2.67. The maximum atomic E-state index is 5.55. The van der Waals surface area contributed by atoms with E-state index in [9.17, 15) is 0 Å². The van der Waals surface area contributed by atoms with Crippen LogP contribution in [0.1, 0.15) is 18.1 Å². The van der Waals surface area contributed by atoms with Crippen LogP contribution < -0.4 is 4.74 Å². The van der Waals surface area contributed by atoms with Gasteiger partial charge in [0.15, 0.2) is 11.5 Å². The van der Waals surface area contributed by atoms with Crippen molar-refractivity contribution in [3.8, 4) is 17.1 Å². The van der Waals surface area contributed by atoms with Crippen LogP contribution in [0.5, 0.6) is 5.75 Å². The summed E-state index contributed by atoms with van der Waals surface area (Å²) in [6, 6.07) is 8.09. The van der Waals surface area contributed by atoms with Crippen molar-refractivity contribution >= 4 is 0 Å². The minimum absolute atomic E-state index is 0.650. The van der Waals surface area contributed by atoms with Gasteiger partial charge < -0.3 is 9.15 Å².